The van der Waals surface area contributed by atoms with Crippen LogP contribution in [0.3, 0.4) is 0 Å². The lowest BCUT2D eigenvalue weighted by Gasteiger charge is -2.43. The fourth-order valence-corrected chi connectivity index (χ4v) is 2.82. The molecule has 2 rings (SSSR count). The Morgan fingerprint density at radius 3 is 2.53 bits per heavy atom. The Morgan fingerprint density at radius 1 is 1.32 bits per heavy atom. The Hall–Kier alpha value is -1.04. The van der Waals surface area contributed by atoms with Crippen LogP contribution >= 0.6 is 0 Å². The molecule has 0 amide bonds. The minimum absolute atomic E-state index is 0.132. The summed E-state index contributed by atoms with van der Waals surface area (Å²) in [7, 11) is 2.04. The number of piperazine rings is 1. The van der Waals surface area contributed by atoms with Crippen LogP contribution in [-0.2, 0) is 0 Å². The highest BCUT2D eigenvalue weighted by atomic mass is 19.1. The standard InChI is InChI=1S/C14H21F2N3/c1-10(14-12(15)4-3-5-13(14)16)19-7-6-18(2)9-11(19)8-17/h3-5,10-11H,6-9,17H2,1-2H3. The molecular formula is C14H21F2N3. The molecule has 106 valence electrons. The van der Waals surface area contributed by atoms with Crippen molar-refractivity contribution in [1.29, 1.82) is 0 Å². The van der Waals surface area contributed by atoms with Gasteiger partial charge >= 0.3 is 0 Å². The monoisotopic (exact) mass is 269 g/mol. The molecule has 1 saturated heterocycles. The van der Waals surface area contributed by atoms with E-state index in [4.69, 9.17) is 5.73 Å². The first-order valence-corrected chi connectivity index (χ1v) is 6.63. The molecule has 19 heavy (non-hydrogen) atoms. The van der Waals surface area contributed by atoms with Gasteiger partial charge in [-0.15, -0.1) is 0 Å². The third-order valence-electron chi connectivity index (χ3n) is 3.92. The molecular weight excluding hydrogens is 248 g/mol. The zero-order valence-electron chi connectivity index (χ0n) is 11.4. The second-order valence-electron chi connectivity index (χ2n) is 5.20. The Balaban J connectivity index is 2.25. The summed E-state index contributed by atoms with van der Waals surface area (Å²) in [5.41, 5.74) is 5.94. The molecule has 0 aromatic heterocycles. The zero-order valence-corrected chi connectivity index (χ0v) is 11.4. The molecule has 2 N–H and O–H groups in total. The third-order valence-corrected chi connectivity index (χ3v) is 3.92. The van der Waals surface area contributed by atoms with Crippen LogP contribution in [0, 0.1) is 11.6 Å². The second kappa shape index (κ2) is 5.94. The smallest absolute Gasteiger partial charge is 0.130 e. The largest absolute Gasteiger partial charge is 0.329 e. The van der Waals surface area contributed by atoms with Crippen LogP contribution in [0.4, 0.5) is 8.78 Å². The van der Waals surface area contributed by atoms with Crippen LogP contribution in [0.5, 0.6) is 0 Å². The van der Waals surface area contributed by atoms with Crippen molar-refractivity contribution in [2.24, 2.45) is 5.73 Å². The summed E-state index contributed by atoms with van der Waals surface area (Å²) >= 11 is 0. The predicted octanol–water partition coefficient (Wildman–Crippen LogP) is 1.60. The lowest BCUT2D eigenvalue weighted by Crippen LogP contribution is -2.55. The van der Waals surface area contributed by atoms with Gasteiger partial charge < -0.3 is 10.6 Å². The normalized spacial score (nSPS) is 23.5. The predicted molar refractivity (Wildman–Crippen MR) is 71.8 cm³/mol. The molecule has 0 bridgehead atoms. The average Bonchev–Trinajstić information content (AvgIpc) is 2.38. The first-order chi connectivity index (χ1) is 9.04. The number of hydrogen-bond acceptors (Lipinski definition) is 3. The lowest BCUT2D eigenvalue weighted by molar-refractivity contribution is 0.0595. The van der Waals surface area contributed by atoms with Crippen LogP contribution in [0.15, 0.2) is 18.2 Å². The second-order valence-corrected chi connectivity index (χ2v) is 5.20. The van der Waals surface area contributed by atoms with E-state index >= 15 is 0 Å². The van der Waals surface area contributed by atoms with Crippen molar-refractivity contribution in [3.63, 3.8) is 0 Å². The Labute approximate surface area is 113 Å². The van der Waals surface area contributed by atoms with Gasteiger partial charge in [-0.25, -0.2) is 8.78 Å². The van der Waals surface area contributed by atoms with Crippen LogP contribution in [0.25, 0.3) is 0 Å². The molecule has 0 spiro atoms. The van der Waals surface area contributed by atoms with Crippen molar-refractivity contribution in [2.75, 3.05) is 33.2 Å². The van der Waals surface area contributed by atoms with Gasteiger partial charge in [0.25, 0.3) is 0 Å². The molecule has 0 saturated carbocycles. The number of halogens is 2. The fraction of sp³-hybridized carbons (Fsp3) is 0.571. The van der Waals surface area contributed by atoms with Crippen LogP contribution in [0.1, 0.15) is 18.5 Å². The highest BCUT2D eigenvalue weighted by Gasteiger charge is 2.31. The number of benzene rings is 1. The van der Waals surface area contributed by atoms with Crippen molar-refractivity contribution in [3.05, 3.63) is 35.4 Å². The number of nitrogens with two attached hydrogens (primary N) is 1. The maximum absolute atomic E-state index is 13.9. The van der Waals surface area contributed by atoms with Crippen LogP contribution < -0.4 is 5.73 Å². The molecule has 1 aliphatic heterocycles. The minimum atomic E-state index is -0.484. The van der Waals surface area contributed by atoms with Gasteiger partial charge in [-0.1, -0.05) is 6.07 Å². The molecule has 2 atom stereocenters. The van der Waals surface area contributed by atoms with Gasteiger partial charge in [0.15, 0.2) is 0 Å². The summed E-state index contributed by atoms with van der Waals surface area (Å²) in [6, 6.07) is 3.84. The van der Waals surface area contributed by atoms with Gasteiger partial charge in [0, 0.05) is 43.8 Å². The molecule has 1 heterocycles. The molecule has 0 radical (unpaired) electrons. The highest BCUT2D eigenvalue weighted by molar-refractivity contribution is 5.23. The molecule has 3 nitrogen and oxygen atoms in total. The highest BCUT2D eigenvalue weighted by Crippen LogP contribution is 2.28. The summed E-state index contributed by atoms with van der Waals surface area (Å²) in [6.45, 7) is 4.82. The lowest BCUT2D eigenvalue weighted by atomic mass is 10.0. The maximum atomic E-state index is 13.9. The number of hydrogen-bond donors (Lipinski definition) is 1. The van der Waals surface area contributed by atoms with Gasteiger partial charge in [-0.2, -0.15) is 0 Å². The van der Waals surface area contributed by atoms with E-state index in [2.05, 4.69) is 9.80 Å². The molecule has 1 aliphatic rings. The van der Waals surface area contributed by atoms with E-state index < -0.39 is 11.6 Å². The SMILES string of the molecule is CC(c1c(F)cccc1F)N1CCN(C)CC1CN. The van der Waals surface area contributed by atoms with Crippen molar-refractivity contribution < 1.29 is 8.78 Å². The quantitative estimate of drug-likeness (QED) is 0.904. The molecule has 5 heteroatoms. The van der Waals surface area contributed by atoms with Crippen molar-refractivity contribution in [2.45, 2.75) is 19.0 Å². The summed E-state index contributed by atoms with van der Waals surface area (Å²) in [5, 5.41) is 0. The summed E-state index contributed by atoms with van der Waals surface area (Å²) in [5.74, 6) is -0.968. The van der Waals surface area contributed by atoms with Crippen molar-refractivity contribution in [1.82, 2.24) is 9.80 Å². The van der Waals surface area contributed by atoms with E-state index in [0.717, 1.165) is 19.6 Å². The van der Waals surface area contributed by atoms with E-state index in [1.165, 1.54) is 18.2 Å². The van der Waals surface area contributed by atoms with Crippen LogP contribution in [-0.4, -0.2) is 49.1 Å². The van der Waals surface area contributed by atoms with Gasteiger partial charge in [0.2, 0.25) is 0 Å². The van der Waals surface area contributed by atoms with Crippen molar-refractivity contribution in [3.8, 4) is 0 Å². The summed E-state index contributed by atoms with van der Waals surface area (Å²) in [4.78, 5) is 4.29. The Morgan fingerprint density at radius 2 is 1.95 bits per heavy atom. The molecule has 1 aromatic rings. The van der Waals surface area contributed by atoms with Gasteiger partial charge in [0.05, 0.1) is 0 Å². The topological polar surface area (TPSA) is 32.5 Å². The van der Waals surface area contributed by atoms with Gasteiger partial charge in [0.1, 0.15) is 11.6 Å². The maximum Gasteiger partial charge on any atom is 0.130 e. The van der Waals surface area contributed by atoms with Crippen molar-refractivity contribution >= 4 is 0 Å². The summed E-state index contributed by atoms with van der Waals surface area (Å²) in [6.07, 6.45) is 0. The third kappa shape index (κ3) is 2.94. The van der Waals surface area contributed by atoms with E-state index in [9.17, 15) is 8.78 Å². The molecule has 1 fully saturated rings. The number of rotatable bonds is 3. The summed E-state index contributed by atoms with van der Waals surface area (Å²) < 4.78 is 27.7. The number of nitrogens with zero attached hydrogens (tertiary/aromatic N) is 2. The van der Waals surface area contributed by atoms with E-state index in [1.54, 1.807) is 0 Å². The van der Waals surface area contributed by atoms with E-state index in [0.29, 0.717) is 6.54 Å². The first-order valence-electron chi connectivity index (χ1n) is 6.63. The zero-order chi connectivity index (χ0) is 14.0. The minimum Gasteiger partial charge on any atom is -0.329 e. The van der Waals surface area contributed by atoms with Gasteiger partial charge in [-0.05, 0) is 26.1 Å². The van der Waals surface area contributed by atoms with Crippen LogP contribution in [0.2, 0.25) is 0 Å². The molecule has 1 aromatic carbocycles. The fourth-order valence-electron chi connectivity index (χ4n) is 2.82. The molecule has 0 aliphatic carbocycles. The Kier molecular flexibility index (Phi) is 4.50. The Bertz CT molecular complexity index is 418. The van der Waals surface area contributed by atoms with E-state index in [-0.39, 0.29) is 17.6 Å². The van der Waals surface area contributed by atoms with E-state index in [1.807, 2.05) is 14.0 Å². The number of likely N-dealkylation sites (N-methyl/N-ethyl adjacent to an activating group) is 1. The first kappa shape index (κ1) is 14.4. The van der Waals surface area contributed by atoms with Gasteiger partial charge in [-0.3, -0.25) is 4.90 Å². The molecule has 2 unspecified atom stereocenters. The average molecular weight is 269 g/mol.